The van der Waals surface area contributed by atoms with Crippen molar-refractivity contribution < 1.29 is 9.59 Å². The lowest BCUT2D eigenvalue weighted by Crippen LogP contribution is -2.41. The zero-order valence-corrected chi connectivity index (χ0v) is 8.80. The van der Waals surface area contributed by atoms with Crippen LogP contribution in [0.15, 0.2) is 42.5 Å². The highest BCUT2D eigenvalue weighted by Crippen LogP contribution is 2.42. The molecule has 0 heterocycles. The first-order valence-corrected chi connectivity index (χ1v) is 5.58. The number of hydrogen-bond acceptors (Lipinski definition) is 2. The van der Waals surface area contributed by atoms with Crippen molar-refractivity contribution in [1.29, 1.82) is 0 Å². The Morgan fingerprint density at radius 3 is 2.38 bits per heavy atom. The summed E-state index contributed by atoms with van der Waals surface area (Å²) >= 11 is 0. The summed E-state index contributed by atoms with van der Waals surface area (Å²) < 4.78 is 0. The molecular formula is C14H12O2. The summed E-state index contributed by atoms with van der Waals surface area (Å²) in [6.07, 6.45) is 4.60. The van der Waals surface area contributed by atoms with Gasteiger partial charge in [-0.15, -0.1) is 0 Å². The maximum absolute atomic E-state index is 11.8. The first-order chi connectivity index (χ1) is 7.77. The molecule has 1 fully saturated rings. The SMILES string of the molecule is O=C1C(=O)C2C=CC1CC2c1ccccc1. The average molecular weight is 212 g/mol. The van der Waals surface area contributed by atoms with Gasteiger partial charge in [-0.2, -0.15) is 0 Å². The number of carbonyl (C=O) groups is 2. The van der Waals surface area contributed by atoms with E-state index in [0.29, 0.717) is 0 Å². The molecule has 3 unspecified atom stereocenters. The van der Waals surface area contributed by atoms with Gasteiger partial charge in [0.25, 0.3) is 0 Å². The van der Waals surface area contributed by atoms with Crippen LogP contribution in [0.1, 0.15) is 17.9 Å². The normalized spacial score (nSPS) is 32.1. The van der Waals surface area contributed by atoms with Gasteiger partial charge in [0.1, 0.15) is 0 Å². The van der Waals surface area contributed by atoms with Gasteiger partial charge < -0.3 is 0 Å². The molecule has 0 N–H and O–H groups in total. The second-order valence-corrected chi connectivity index (χ2v) is 4.50. The van der Waals surface area contributed by atoms with Crippen molar-refractivity contribution in [2.45, 2.75) is 12.3 Å². The Balaban J connectivity index is 2.00. The number of Topliss-reactive ketones (excluding diaryl/α,β-unsaturated/α-hetero) is 2. The van der Waals surface area contributed by atoms with E-state index in [1.54, 1.807) is 0 Å². The molecule has 4 rings (SSSR count). The highest BCUT2D eigenvalue weighted by molar-refractivity contribution is 6.41. The van der Waals surface area contributed by atoms with Crippen molar-refractivity contribution in [2.24, 2.45) is 11.8 Å². The zero-order chi connectivity index (χ0) is 11.1. The van der Waals surface area contributed by atoms with E-state index in [1.807, 2.05) is 42.5 Å². The lowest BCUT2D eigenvalue weighted by atomic mass is 9.65. The second-order valence-electron chi connectivity index (χ2n) is 4.50. The zero-order valence-electron chi connectivity index (χ0n) is 8.80. The molecule has 80 valence electrons. The van der Waals surface area contributed by atoms with Crippen LogP contribution in [-0.2, 0) is 9.59 Å². The molecule has 0 aromatic heterocycles. The summed E-state index contributed by atoms with van der Waals surface area (Å²) in [7, 11) is 0. The van der Waals surface area contributed by atoms with Gasteiger partial charge in [-0.05, 0) is 17.9 Å². The maximum atomic E-state index is 11.8. The van der Waals surface area contributed by atoms with Crippen LogP contribution in [-0.4, -0.2) is 11.6 Å². The van der Waals surface area contributed by atoms with Crippen LogP contribution in [0.25, 0.3) is 0 Å². The Hall–Kier alpha value is -1.70. The fourth-order valence-electron chi connectivity index (χ4n) is 2.74. The highest BCUT2D eigenvalue weighted by Gasteiger charge is 2.44. The molecule has 2 heteroatoms. The van der Waals surface area contributed by atoms with Crippen LogP contribution in [0, 0.1) is 11.8 Å². The van der Waals surface area contributed by atoms with E-state index in [4.69, 9.17) is 0 Å². The molecule has 2 nitrogen and oxygen atoms in total. The molecule has 16 heavy (non-hydrogen) atoms. The van der Waals surface area contributed by atoms with E-state index >= 15 is 0 Å². The lowest BCUT2D eigenvalue weighted by Gasteiger charge is -2.35. The van der Waals surface area contributed by atoms with Gasteiger partial charge in [0.05, 0.1) is 5.92 Å². The average Bonchev–Trinajstić information content (AvgIpc) is 2.36. The summed E-state index contributed by atoms with van der Waals surface area (Å²) in [6, 6.07) is 10.0. The molecule has 3 aliphatic carbocycles. The van der Waals surface area contributed by atoms with Crippen molar-refractivity contribution in [3.8, 4) is 0 Å². The molecule has 0 amide bonds. The standard InChI is InChI=1S/C14H12O2/c15-13-10-6-7-11(14(13)16)12(8-10)9-4-2-1-3-5-9/h1-7,10-12H,8H2. The lowest BCUT2D eigenvalue weighted by molar-refractivity contribution is -0.143. The number of hydrogen-bond donors (Lipinski definition) is 0. The van der Waals surface area contributed by atoms with E-state index < -0.39 is 0 Å². The minimum atomic E-state index is -0.222. The van der Waals surface area contributed by atoms with Gasteiger partial charge >= 0.3 is 0 Å². The quantitative estimate of drug-likeness (QED) is 0.528. The van der Waals surface area contributed by atoms with Gasteiger partial charge in [0.15, 0.2) is 0 Å². The molecule has 0 spiro atoms. The molecule has 0 radical (unpaired) electrons. The Kier molecular flexibility index (Phi) is 2.03. The van der Waals surface area contributed by atoms with Gasteiger partial charge in [-0.3, -0.25) is 9.59 Å². The minimum Gasteiger partial charge on any atom is -0.290 e. The first kappa shape index (κ1) is 9.52. The monoisotopic (exact) mass is 212 g/mol. The predicted octanol–water partition coefficient (Wildman–Crippen LogP) is 2.11. The smallest absolute Gasteiger partial charge is 0.206 e. The summed E-state index contributed by atoms with van der Waals surface area (Å²) in [5.41, 5.74) is 1.17. The van der Waals surface area contributed by atoms with E-state index in [2.05, 4.69) is 0 Å². The van der Waals surface area contributed by atoms with Crippen LogP contribution in [0.3, 0.4) is 0 Å². The summed E-state index contributed by atoms with van der Waals surface area (Å²) in [6.45, 7) is 0. The van der Waals surface area contributed by atoms with Crippen molar-refractivity contribution >= 4 is 11.6 Å². The third-order valence-electron chi connectivity index (χ3n) is 3.60. The predicted molar refractivity (Wildman–Crippen MR) is 59.9 cm³/mol. The van der Waals surface area contributed by atoms with E-state index in [0.717, 1.165) is 6.42 Å². The Labute approximate surface area is 94.0 Å². The second kappa shape index (κ2) is 3.41. The van der Waals surface area contributed by atoms with Crippen molar-refractivity contribution in [2.75, 3.05) is 0 Å². The van der Waals surface area contributed by atoms with Gasteiger partial charge in [0.2, 0.25) is 11.6 Å². The Morgan fingerprint density at radius 1 is 0.938 bits per heavy atom. The number of fused-ring (bicyclic) bond motifs is 2. The third-order valence-corrected chi connectivity index (χ3v) is 3.60. The molecular weight excluding hydrogens is 200 g/mol. The fraction of sp³-hybridized carbons (Fsp3) is 0.286. The summed E-state index contributed by atoms with van der Waals surface area (Å²) in [5.74, 6) is -0.601. The van der Waals surface area contributed by atoms with Crippen molar-refractivity contribution in [3.63, 3.8) is 0 Å². The number of carbonyl (C=O) groups excluding carboxylic acids is 2. The fourth-order valence-corrected chi connectivity index (χ4v) is 2.74. The van der Waals surface area contributed by atoms with Crippen LogP contribution >= 0.6 is 0 Å². The minimum absolute atomic E-state index is 0.178. The maximum Gasteiger partial charge on any atom is 0.206 e. The number of allylic oxidation sites excluding steroid dienone is 2. The van der Waals surface area contributed by atoms with E-state index in [-0.39, 0.29) is 29.3 Å². The van der Waals surface area contributed by atoms with Crippen molar-refractivity contribution in [3.05, 3.63) is 48.0 Å². The molecule has 3 atom stereocenters. The summed E-state index contributed by atoms with van der Waals surface area (Å²) in [5, 5.41) is 0. The molecule has 1 aromatic carbocycles. The van der Waals surface area contributed by atoms with Crippen LogP contribution in [0.5, 0.6) is 0 Å². The van der Waals surface area contributed by atoms with E-state index in [1.165, 1.54) is 5.56 Å². The number of rotatable bonds is 1. The summed E-state index contributed by atoms with van der Waals surface area (Å²) in [4.78, 5) is 23.3. The van der Waals surface area contributed by atoms with Gasteiger partial charge in [0, 0.05) is 5.92 Å². The van der Waals surface area contributed by atoms with Crippen LogP contribution < -0.4 is 0 Å². The number of benzene rings is 1. The number of ketones is 2. The van der Waals surface area contributed by atoms with E-state index in [9.17, 15) is 9.59 Å². The largest absolute Gasteiger partial charge is 0.290 e. The van der Waals surface area contributed by atoms with Gasteiger partial charge in [-0.25, -0.2) is 0 Å². The molecule has 2 bridgehead atoms. The van der Waals surface area contributed by atoms with Crippen LogP contribution in [0.2, 0.25) is 0 Å². The third kappa shape index (κ3) is 1.26. The highest BCUT2D eigenvalue weighted by atomic mass is 16.2. The molecule has 0 saturated heterocycles. The van der Waals surface area contributed by atoms with Crippen LogP contribution in [0.4, 0.5) is 0 Å². The topological polar surface area (TPSA) is 34.1 Å². The van der Waals surface area contributed by atoms with Gasteiger partial charge in [-0.1, -0.05) is 42.5 Å². The van der Waals surface area contributed by atoms with Crippen molar-refractivity contribution in [1.82, 2.24) is 0 Å². The Morgan fingerprint density at radius 2 is 1.69 bits per heavy atom. The molecule has 1 saturated carbocycles. The molecule has 1 aromatic rings. The molecule has 3 aliphatic rings. The molecule has 0 aliphatic heterocycles. The first-order valence-electron chi connectivity index (χ1n) is 5.58. The Bertz CT molecular complexity index is 473.